The van der Waals surface area contributed by atoms with Crippen molar-refractivity contribution in [3.8, 4) is 0 Å². The highest BCUT2D eigenvalue weighted by atomic mass is 32.2. The first-order chi connectivity index (χ1) is 8.95. The van der Waals surface area contributed by atoms with Gasteiger partial charge in [-0.15, -0.1) is 0 Å². The van der Waals surface area contributed by atoms with Crippen molar-refractivity contribution in [2.45, 2.75) is 30.9 Å². The minimum atomic E-state index is -3.48. The fourth-order valence-electron chi connectivity index (χ4n) is 2.30. The molecule has 0 aliphatic carbocycles. The Hall–Kier alpha value is -0.950. The molecule has 1 fully saturated rings. The normalized spacial score (nSPS) is 25.4. The predicted octanol–water partition coefficient (Wildman–Crippen LogP) is 0.537. The van der Waals surface area contributed by atoms with Gasteiger partial charge < -0.3 is 10.8 Å². The van der Waals surface area contributed by atoms with Crippen LogP contribution in [0.5, 0.6) is 0 Å². The van der Waals surface area contributed by atoms with Crippen LogP contribution in [0.15, 0.2) is 29.2 Å². The molecule has 106 valence electrons. The number of hydrogen-bond donors (Lipinski definition) is 2. The third-order valence-corrected chi connectivity index (χ3v) is 5.46. The van der Waals surface area contributed by atoms with Gasteiger partial charge in [0.05, 0.1) is 11.0 Å². The van der Waals surface area contributed by atoms with Gasteiger partial charge in [0.15, 0.2) is 0 Å². The molecule has 1 aliphatic rings. The second-order valence-corrected chi connectivity index (χ2v) is 6.99. The summed E-state index contributed by atoms with van der Waals surface area (Å²) in [5.74, 6) is -0.0405. The molecule has 0 radical (unpaired) electrons. The summed E-state index contributed by atoms with van der Waals surface area (Å²) in [5.41, 5.74) is 6.34. The van der Waals surface area contributed by atoms with Crippen molar-refractivity contribution in [2.75, 3.05) is 13.1 Å². The van der Waals surface area contributed by atoms with E-state index in [1.807, 2.05) is 13.0 Å². The smallest absolute Gasteiger partial charge is 0.243 e. The fourth-order valence-corrected chi connectivity index (χ4v) is 3.92. The lowest BCUT2D eigenvalue weighted by molar-refractivity contribution is 0.0628. The zero-order valence-electron chi connectivity index (χ0n) is 11.0. The molecule has 1 saturated heterocycles. The van der Waals surface area contributed by atoms with Crippen molar-refractivity contribution in [1.29, 1.82) is 0 Å². The van der Waals surface area contributed by atoms with Gasteiger partial charge in [0, 0.05) is 19.6 Å². The molecule has 1 aromatic rings. The molecule has 2 unspecified atom stereocenters. The SMILES string of the molecule is CC1CN(S(=O)(=O)c2cccc(CN)c2)CCC1O. The van der Waals surface area contributed by atoms with E-state index in [0.29, 0.717) is 26.1 Å². The van der Waals surface area contributed by atoms with Gasteiger partial charge in [-0.2, -0.15) is 4.31 Å². The van der Waals surface area contributed by atoms with Crippen molar-refractivity contribution in [3.05, 3.63) is 29.8 Å². The van der Waals surface area contributed by atoms with E-state index in [9.17, 15) is 13.5 Å². The van der Waals surface area contributed by atoms with Crippen LogP contribution in [-0.2, 0) is 16.6 Å². The average molecular weight is 284 g/mol. The van der Waals surface area contributed by atoms with E-state index in [-0.39, 0.29) is 10.8 Å². The zero-order chi connectivity index (χ0) is 14.0. The Morgan fingerprint density at radius 3 is 2.84 bits per heavy atom. The summed E-state index contributed by atoms with van der Waals surface area (Å²) in [5, 5.41) is 9.68. The molecule has 19 heavy (non-hydrogen) atoms. The summed E-state index contributed by atoms with van der Waals surface area (Å²) in [6.45, 7) is 2.90. The lowest BCUT2D eigenvalue weighted by atomic mass is 9.99. The van der Waals surface area contributed by atoms with Gasteiger partial charge in [0.2, 0.25) is 10.0 Å². The van der Waals surface area contributed by atoms with E-state index in [2.05, 4.69) is 0 Å². The Morgan fingerprint density at radius 1 is 1.47 bits per heavy atom. The highest BCUT2D eigenvalue weighted by Crippen LogP contribution is 2.24. The van der Waals surface area contributed by atoms with Crippen LogP contribution in [0.3, 0.4) is 0 Å². The largest absolute Gasteiger partial charge is 0.393 e. The van der Waals surface area contributed by atoms with E-state index < -0.39 is 16.1 Å². The standard InChI is InChI=1S/C13H20N2O3S/c1-10-9-15(6-5-13(10)16)19(17,18)12-4-2-3-11(7-12)8-14/h2-4,7,10,13,16H,5-6,8-9,14H2,1H3. The maximum Gasteiger partial charge on any atom is 0.243 e. The summed E-state index contributed by atoms with van der Waals surface area (Å²) in [6.07, 6.45) is 0.0681. The first-order valence-electron chi connectivity index (χ1n) is 6.42. The molecular weight excluding hydrogens is 264 g/mol. The topological polar surface area (TPSA) is 83.6 Å². The Balaban J connectivity index is 2.27. The van der Waals surface area contributed by atoms with Crippen LogP contribution >= 0.6 is 0 Å². The Kier molecular flexibility index (Phi) is 4.25. The van der Waals surface area contributed by atoms with Crippen molar-refractivity contribution in [2.24, 2.45) is 11.7 Å². The van der Waals surface area contributed by atoms with Crippen LogP contribution in [0.2, 0.25) is 0 Å². The monoisotopic (exact) mass is 284 g/mol. The van der Waals surface area contributed by atoms with Crippen LogP contribution in [-0.4, -0.2) is 37.0 Å². The van der Waals surface area contributed by atoms with Crippen LogP contribution in [0.25, 0.3) is 0 Å². The second kappa shape index (κ2) is 5.58. The first-order valence-corrected chi connectivity index (χ1v) is 7.86. The number of nitrogens with two attached hydrogens (primary N) is 1. The van der Waals surface area contributed by atoms with Crippen LogP contribution in [0.1, 0.15) is 18.9 Å². The molecule has 1 aliphatic heterocycles. The Morgan fingerprint density at radius 2 is 2.21 bits per heavy atom. The van der Waals surface area contributed by atoms with Gasteiger partial charge in [-0.05, 0) is 30.0 Å². The van der Waals surface area contributed by atoms with Gasteiger partial charge >= 0.3 is 0 Å². The van der Waals surface area contributed by atoms with Crippen molar-refractivity contribution in [3.63, 3.8) is 0 Å². The number of nitrogens with zero attached hydrogens (tertiary/aromatic N) is 1. The maximum atomic E-state index is 12.5. The molecule has 2 rings (SSSR count). The number of aliphatic hydroxyl groups is 1. The summed E-state index contributed by atoms with van der Waals surface area (Å²) in [6, 6.07) is 6.72. The number of aliphatic hydroxyl groups excluding tert-OH is 1. The first kappa shape index (κ1) is 14.5. The lowest BCUT2D eigenvalue weighted by Gasteiger charge is -2.33. The van der Waals surface area contributed by atoms with Gasteiger partial charge in [0.25, 0.3) is 0 Å². The minimum Gasteiger partial charge on any atom is -0.393 e. The number of piperidine rings is 1. The molecule has 0 bridgehead atoms. The summed E-state index contributed by atoms with van der Waals surface area (Å²) in [7, 11) is -3.48. The molecule has 6 heteroatoms. The van der Waals surface area contributed by atoms with Crippen molar-refractivity contribution >= 4 is 10.0 Å². The average Bonchev–Trinajstić information content (AvgIpc) is 2.41. The third kappa shape index (κ3) is 2.97. The highest BCUT2D eigenvalue weighted by Gasteiger charge is 2.32. The van der Waals surface area contributed by atoms with E-state index in [1.54, 1.807) is 18.2 Å². The molecule has 1 aromatic carbocycles. The summed E-state index contributed by atoms with van der Waals surface area (Å²) < 4.78 is 26.5. The molecular formula is C13H20N2O3S. The van der Waals surface area contributed by atoms with Crippen molar-refractivity contribution < 1.29 is 13.5 Å². The highest BCUT2D eigenvalue weighted by molar-refractivity contribution is 7.89. The van der Waals surface area contributed by atoms with Gasteiger partial charge in [-0.3, -0.25) is 0 Å². The van der Waals surface area contributed by atoms with E-state index in [1.165, 1.54) is 4.31 Å². The molecule has 1 heterocycles. The third-order valence-electron chi connectivity index (χ3n) is 3.59. The summed E-state index contributed by atoms with van der Waals surface area (Å²) in [4.78, 5) is 0.277. The second-order valence-electron chi connectivity index (χ2n) is 5.05. The number of hydrogen-bond acceptors (Lipinski definition) is 4. The quantitative estimate of drug-likeness (QED) is 0.848. The van der Waals surface area contributed by atoms with E-state index >= 15 is 0 Å². The molecule has 0 amide bonds. The number of benzene rings is 1. The molecule has 0 saturated carbocycles. The minimum absolute atomic E-state index is 0.0405. The predicted molar refractivity (Wildman–Crippen MR) is 72.9 cm³/mol. The molecule has 0 spiro atoms. The van der Waals surface area contributed by atoms with Crippen molar-refractivity contribution in [1.82, 2.24) is 4.31 Å². The Bertz CT molecular complexity index is 545. The Labute approximate surface area is 114 Å². The molecule has 5 nitrogen and oxygen atoms in total. The summed E-state index contributed by atoms with van der Waals surface area (Å²) >= 11 is 0. The maximum absolute atomic E-state index is 12.5. The molecule has 2 atom stereocenters. The van der Waals surface area contributed by atoms with Crippen LogP contribution in [0.4, 0.5) is 0 Å². The number of rotatable bonds is 3. The van der Waals surface area contributed by atoms with Gasteiger partial charge in [-0.1, -0.05) is 19.1 Å². The van der Waals surface area contributed by atoms with Crippen LogP contribution < -0.4 is 5.73 Å². The number of sulfonamides is 1. The lowest BCUT2D eigenvalue weighted by Crippen LogP contribution is -2.44. The fraction of sp³-hybridized carbons (Fsp3) is 0.538. The van der Waals surface area contributed by atoms with E-state index in [4.69, 9.17) is 5.73 Å². The zero-order valence-corrected chi connectivity index (χ0v) is 11.8. The van der Waals surface area contributed by atoms with Gasteiger partial charge in [0.1, 0.15) is 0 Å². The van der Waals surface area contributed by atoms with Gasteiger partial charge in [-0.25, -0.2) is 8.42 Å². The van der Waals surface area contributed by atoms with Crippen LogP contribution in [0, 0.1) is 5.92 Å². The van der Waals surface area contributed by atoms with E-state index in [0.717, 1.165) is 5.56 Å². The molecule has 3 N–H and O–H groups in total. The molecule has 0 aromatic heterocycles.